The van der Waals surface area contributed by atoms with Crippen molar-refractivity contribution in [2.75, 3.05) is 13.6 Å². The summed E-state index contributed by atoms with van der Waals surface area (Å²) in [5, 5.41) is 4.48. The molecule has 4 heteroatoms. The molecule has 0 N–H and O–H groups in total. The number of nitrogens with zero attached hydrogens (tertiary/aromatic N) is 3. The van der Waals surface area contributed by atoms with Crippen LogP contribution in [0, 0.1) is 6.92 Å². The fraction of sp³-hybridized carbons (Fsp3) is 0.750. The molecule has 0 radical (unpaired) electrons. The Bertz CT molecular complexity index is 384. The topological polar surface area (TPSA) is 21.1 Å². The van der Waals surface area contributed by atoms with Crippen LogP contribution < -0.4 is 0 Å². The van der Waals surface area contributed by atoms with E-state index in [9.17, 15) is 0 Å². The zero-order valence-corrected chi connectivity index (χ0v) is 12.1. The van der Waals surface area contributed by atoms with Crippen LogP contribution in [0.15, 0.2) is 10.7 Å². The Morgan fingerprint density at radius 2 is 2.19 bits per heavy atom. The lowest BCUT2D eigenvalue weighted by Gasteiger charge is -2.43. The summed E-state index contributed by atoms with van der Waals surface area (Å²) in [5.74, 6) is 0. The highest BCUT2D eigenvalue weighted by molar-refractivity contribution is 9.10. The highest BCUT2D eigenvalue weighted by Gasteiger charge is 2.33. The first-order chi connectivity index (χ1) is 7.42. The molecule has 0 saturated carbocycles. The normalized spacial score (nSPS) is 25.9. The molecule has 0 spiro atoms. The van der Waals surface area contributed by atoms with Gasteiger partial charge in [0.2, 0.25) is 0 Å². The highest BCUT2D eigenvalue weighted by atomic mass is 79.9. The quantitative estimate of drug-likeness (QED) is 0.791. The Hall–Kier alpha value is -0.350. The predicted octanol–water partition coefficient (Wildman–Crippen LogP) is 3.00. The van der Waals surface area contributed by atoms with Gasteiger partial charge in [0.25, 0.3) is 0 Å². The van der Waals surface area contributed by atoms with Gasteiger partial charge in [-0.1, -0.05) is 0 Å². The van der Waals surface area contributed by atoms with Crippen molar-refractivity contribution >= 4 is 15.9 Å². The first kappa shape index (κ1) is 12.1. The summed E-state index contributed by atoms with van der Waals surface area (Å²) in [6.45, 7) is 7.90. The van der Waals surface area contributed by atoms with Gasteiger partial charge in [-0.15, -0.1) is 0 Å². The number of hydrogen-bond donors (Lipinski definition) is 0. The third-order valence-electron chi connectivity index (χ3n) is 3.90. The zero-order chi connectivity index (χ0) is 11.9. The molecule has 1 fully saturated rings. The number of hydrogen-bond acceptors (Lipinski definition) is 2. The van der Waals surface area contributed by atoms with Gasteiger partial charge in [-0.25, -0.2) is 0 Å². The number of piperidine rings is 1. The third-order valence-corrected chi connectivity index (χ3v) is 4.68. The fourth-order valence-electron chi connectivity index (χ4n) is 2.46. The van der Waals surface area contributed by atoms with Gasteiger partial charge in [-0.3, -0.25) is 4.68 Å². The van der Waals surface area contributed by atoms with E-state index < -0.39 is 0 Å². The van der Waals surface area contributed by atoms with E-state index in [2.05, 4.69) is 58.4 Å². The molecule has 3 nitrogen and oxygen atoms in total. The first-order valence-corrected chi connectivity index (χ1v) is 6.62. The van der Waals surface area contributed by atoms with Crippen LogP contribution in [0.2, 0.25) is 0 Å². The Labute approximate surface area is 106 Å². The van der Waals surface area contributed by atoms with Crippen LogP contribution in [0.4, 0.5) is 0 Å². The maximum absolute atomic E-state index is 4.48. The van der Waals surface area contributed by atoms with Crippen LogP contribution in [0.5, 0.6) is 0 Å². The van der Waals surface area contributed by atoms with E-state index in [4.69, 9.17) is 0 Å². The molecule has 0 bridgehead atoms. The number of aromatic nitrogens is 2. The molecule has 90 valence electrons. The molecule has 2 heterocycles. The second-order valence-electron chi connectivity index (χ2n) is 5.40. The molecule has 1 aromatic rings. The zero-order valence-electron chi connectivity index (χ0n) is 10.5. The van der Waals surface area contributed by atoms with Crippen LogP contribution in [0.3, 0.4) is 0 Å². The van der Waals surface area contributed by atoms with Crippen LogP contribution in [-0.2, 0) is 0 Å². The molecule has 0 aromatic carbocycles. The lowest BCUT2D eigenvalue weighted by Crippen LogP contribution is -2.48. The number of halogens is 1. The molecule has 1 atom stereocenters. The smallest absolute Gasteiger partial charge is 0.0635 e. The molecular weight excluding hydrogens is 266 g/mol. The number of rotatable bonds is 1. The average Bonchev–Trinajstić information content (AvgIpc) is 2.53. The summed E-state index contributed by atoms with van der Waals surface area (Å²) < 4.78 is 3.29. The molecule has 0 amide bonds. The molecule has 1 aliphatic heterocycles. The number of likely N-dealkylation sites (tertiary alicyclic amines) is 1. The minimum absolute atomic E-state index is 0.272. The maximum atomic E-state index is 4.48. The van der Waals surface area contributed by atoms with Crippen molar-refractivity contribution in [1.82, 2.24) is 14.7 Å². The second-order valence-corrected chi connectivity index (χ2v) is 6.26. The van der Waals surface area contributed by atoms with Gasteiger partial charge < -0.3 is 4.90 Å². The minimum Gasteiger partial charge on any atom is -0.301 e. The van der Waals surface area contributed by atoms with Crippen molar-refractivity contribution in [3.8, 4) is 0 Å². The SMILES string of the molecule is Cc1c(Br)cnn1C1CCN(C)C(C)(C)C1. The summed E-state index contributed by atoms with van der Waals surface area (Å²) >= 11 is 3.53. The monoisotopic (exact) mass is 285 g/mol. The van der Waals surface area contributed by atoms with Crippen LogP contribution >= 0.6 is 15.9 Å². The summed E-state index contributed by atoms with van der Waals surface area (Å²) in [4.78, 5) is 2.44. The van der Waals surface area contributed by atoms with Crippen LogP contribution in [0.1, 0.15) is 38.4 Å². The van der Waals surface area contributed by atoms with Gasteiger partial charge in [0.15, 0.2) is 0 Å². The Morgan fingerprint density at radius 1 is 1.50 bits per heavy atom. The highest BCUT2D eigenvalue weighted by Crippen LogP contribution is 2.34. The summed E-state index contributed by atoms with van der Waals surface area (Å²) in [6.07, 6.45) is 4.26. The van der Waals surface area contributed by atoms with Gasteiger partial charge in [-0.05, 0) is 56.6 Å². The van der Waals surface area contributed by atoms with Gasteiger partial charge >= 0.3 is 0 Å². The molecule has 16 heavy (non-hydrogen) atoms. The van der Waals surface area contributed by atoms with Crippen molar-refractivity contribution in [3.63, 3.8) is 0 Å². The molecule has 2 rings (SSSR count). The van der Waals surface area contributed by atoms with Gasteiger partial charge in [0.1, 0.15) is 0 Å². The largest absolute Gasteiger partial charge is 0.301 e. The fourth-order valence-corrected chi connectivity index (χ4v) is 2.73. The Kier molecular flexibility index (Phi) is 3.14. The average molecular weight is 286 g/mol. The lowest BCUT2D eigenvalue weighted by molar-refractivity contribution is 0.0712. The van der Waals surface area contributed by atoms with Gasteiger partial charge in [0.05, 0.1) is 16.7 Å². The summed E-state index contributed by atoms with van der Waals surface area (Å²) in [5.41, 5.74) is 1.51. The van der Waals surface area contributed by atoms with E-state index in [1.54, 1.807) is 0 Å². The van der Waals surface area contributed by atoms with E-state index in [0.717, 1.165) is 11.0 Å². The van der Waals surface area contributed by atoms with E-state index in [0.29, 0.717) is 6.04 Å². The van der Waals surface area contributed by atoms with Crippen molar-refractivity contribution in [3.05, 3.63) is 16.4 Å². The van der Waals surface area contributed by atoms with Crippen molar-refractivity contribution in [2.24, 2.45) is 0 Å². The Morgan fingerprint density at radius 3 is 2.69 bits per heavy atom. The second kappa shape index (κ2) is 4.15. The predicted molar refractivity (Wildman–Crippen MR) is 69.6 cm³/mol. The molecule has 1 aromatic heterocycles. The van der Waals surface area contributed by atoms with E-state index in [1.807, 2.05) is 6.20 Å². The standard InChI is InChI=1S/C12H20BrN3/c1-9-11(13)8-14-16(9)10-5-6-15(4)12(2,3)7-10/h8,10H,5-7H2,1-4H3. The molecule has 1 unspecified atom stereocenters. The molecule has 1 aliphatic rings. The van der Waals surface area contributed by atoms with E-state index in [-0.39, 0.29) is 5.54 Å². The molecular formula is C12H20BrN3. The van der Waals surface area contributed by atoms with Crippen molar-refractivity contribution < 1.29 is 0 Å². The van der Waals surface area contributed by atoms with Crippen LogP contribution in [0.25, 0.3) is 0 Å². The van der Waals surface area contributed by atoms with Crippen LogP contribution in [-0.4, -0.2) is 33.8 Å². The minimum atomic E-state index is 0.272. The lowest BCUT2D eigenvalue weighted by atomic mass is 9.87. The maximum Gasteiger partial charge on any atom is 0.0635 e. The summed E-state index contributed by atoms with van der Waals surface area (Å²) in [6, 6.07) is 0.539. The van der Waals surface area contributed by atoms with E-state index in [1.165, 1.54) is 18.5 Å². The van der Waals surface area contributed by atoms with Gasteiger partial charge in [-0.2, -0.15) is 5.10 Å². The first-order valence-electron chi connectivity index (χ1n) is 5.82. The van der Waals surface area contributed by atoms with Gasteiger partial charge in [0, 0.05) is 17.8 Å². The summed E-state index contributed by atoms with van der Waals surface area (Å²) in [7, 11) is 2.21. The van der Waals surface area contributed by atoms with Crippen molar-refractivity contribution in [2.45, 2.75) is 45.2 Å². The molecule has 1 saturated heterocycles. The van der Waals surface area contributed by atoms with Crippen molar-refractivity contribution in [1.29, 1.82) is 0 Å². The molecule has 0 aliphatic carbocycles. The van der Waals surface area contributed by atoms with E-state index >= 15 is 0 Å². The third kappa shape index (κ3) is 2.05. The Balaban J connectivity index is 2.21.